The third kappa shape index (κ3) is 13.8. The average Bonchev–Trinajstić information content (AvgIpc) is 3.16. The quantitative estimate of drug-likeness (QED) is 0.0522. The van der Waals surface area contributed by atoms with Gasteiger partial charge in [0.1, 0.15) is 0 Å². The lowest BCUT2D eigenvalue weighted by molar-refractivity contribution is -0.137. The van der Waals surface area contributed by atoms with Crippen LogP contribution in [0.3, 0.4) is 0 Å². The fourth-order valence-corrected chi connectivity index (χ4v) is 10.1. The first kappa shape index (κ1) is 42.3. The number of rotatable bonds is 24. The lowest BCUT2D eigenvalue weighted by Crippen LogP contribution is -2.50. The second kappa shape index (κ2) is 22.8. The van der Waals surface area contributed by atoms with Crippen LogP contribution in [0.1, 0.15) is 72.1 Å². The molecule has 0 aliphatic carbocycles. The summed E-state index contributed by atoms with van der Waals surface area (Å²) in [6.45, 7) is 19.9. The van der Waals surface area contributed by atoms with Crippen LogP contribution in [-0.4, -0.2) is 45.8 Å². The van der Waals surface area contributed by atoms with Crippen molar-refractivity contribution >= 4 is 14.3 Å². The SMILES string of the molecule is CCOC(=O)/C=C/[C@H](C)[C@H](O[Si](CC)(CC)CC)[C@@H](C)[C@@H](OCc1ccccc1)[C@@H](C)[C@@H](OCc1ccccc1)[C@@H](C)COCc1ccccc1. The molecule has 3 rings (SSSR count). The van der Waals surface area contributed by atoms with Gasteiger partial charge in [-0.25, -0.2) is 4.79 Å². The summed E-state index contributed by atoms with van der Waals surface area (Å²) >= 11 is 0. The summed E-state index contributed by atoms with van der Waals surface area (Å²) in [5, 5.41) is 0. The number of ether oxygens (including phenoxy) is 4. The molecular formula is C44H64O6Si. The molecule has 3 aromatic rings. The maximum absolute atomic E-state index is 12.4. The van der Waals surface area contributed by atoms with Crippen molar-refractivity contribution in [3.05, 3.63) is 120 Å². The highest BCUT2D eigenvalue weighted by Crippen LogP contribution is 2.36. The minimum atomic E-state index is -2.06. The molecule has 0 saturated carbocycles. The minimum absolute atomic E-state index is 0.0176. The summed E-state index contributed by atoms with van der Waals surface area (Å²) in [5.41, 5.74) is 3.40. The third-order valence-electron chi connectivity index (χ3n) is 10.4. The molecule has 51 heavy (non-hydrogen) atoms. The second-order valence-corrected chi connectivity index (χ2v) is 18.7. The van der Waals surface area contributed by atoms with Crippen molar-refractivity contribution in [2.24, 2.45) is 23.7 Å². The molecule has 0 N–H and O–H groups in total. The summed E-state index contributed by atoms with van der Waals surface area (Å²) < 4.78 is 32.8. The highest BCUT2D eigenvalue weighted by atomic mass is 28.4. The van der Waals surface area contributed by atoms with Crippen molar-refractivity contribution in [2.75, 3.05) is 13.2 Å². The minimum Gasteiger partial charge on any atom is -0.463 e. The largest absolute Gasteiger partial charge is 0.463 e. The Morgan fingerprint density at radius 2 is 1.08 bits per heavy atom. The smallest absolute Gasteiger partial charge is 0.330 e. The molecule has 0 radical (unpaired) electrons. The van der Waals surface area contributed by atoms with Crippen molar-refractivity contribution < 1.29 is 28.2 Å². The molecule has 280 valence electrons. The summed E-state index contributed by atoms with van der Waals surface area (Å²) in [5.74, 6) is -0.340. The van der Waals surface area contributed by atoms with Gasteiger partial charge in [-0.15, -0.1) is 0 Å². The Balaban J connectivity index is 2.00. The predicted molar refractivity (Wildman–Crippen MR) is 211 cm³/mol. The Labute approximate surface area is 310 Å². The van der Waals surface area contributed by atoms with E-state index < -0.39 is 8.32 Å². The molecule has 3 aromatic carbocycles. The van der Waals surface area contributed by atoms with E-state index in [1.54, 1.807) is 6.08 Å². The number of carbonyl (C=O) groups excluding carboxylic acids is 1. The van der Waals surface area contributed by atoms with E-state index in [9.17, 15) is 4.79 Å². The van der Waals surface area contributed by atoms with E-state index in [1.165, 1.54) is 0 Å². The summed E-state index contributed by atoms with van der Waals surface area (Å²) in [6, 6.07) is 34.1. The Morgan fingerprint density at radius 3 is 1.55 bits per heavy atom. The lowest BCUT2D eigenvalue weighted by Gasteiger charge is -2.44. The molecular weight excluding hydrogens is 653 g/mol. The monoisotopic (exact) mass is 716 g/mol. The first-order valence-electron chi connectivity index (χ1n) is 19.1. The molecule has 0 amide bonds. The van der Waals surface area contributed by atoms with E-state index in [1.807, 2.05) is 43.3 Å². The molecule has 0 saturated heterocycles. The van der Waals surface area contributed by atoms with Gasteiger partial charge in [0.2, 0.25) is 0 Å². The van der Waals surface area contributed by atoms with E-state index in [0.717, 1.165) is 34.8 Å². The summed E-state index contributed by atoms with van der Waals surface area (Å²) in [6.07, 6.45) is 2.96. The highest BCUT2D eigenvalue weighted by Gasteiger charge is 2.42. The van der Waals surface area contributed by atoms with Crippen molar-refractivity contribution in [3.8, 4) is 0 Å². The molecule has 7 heteroatoms. The van der Waals surface area contributed by atoms with E-state index >= 15 is 0 Å². The standard InChI is InChI=1S/C44H64O6Si/c1-9-47-41(45)29-28-34(5)43(50-51(10-2,11-3)12-4)37(8)44(49-33-40-26-20-15-21-27-40)36(7)42(48-32-39-24-18-14-19-25-39)35(6)30-46-31-38-22-16-13-17-23-38/h13-29,34-37,42-44H,9-12,30-33H2,1-8H3/b29-28+/t34-,35-,36-,37+,42-,43-,44-/m0/s1. The van der Waals surface area contributed by atoms with E-state index in [4.69, 9.17) is 23.4 Å². The molecule has 0 bridgehead atoms. The number of carbonyl (C=O) groups is 1. The van der Waals surface area contributed by atoms with Gasteiger partial charge >= 0.3 is 5.97 Å². The van der Waals surface area contributed by atoms with Crippen molar-refractivity contribution in [2.45, 2.75) is 112 Å². The first-order valence-corrected chi connectivity index (χ1v) is 21.6. The van der Waals surface area contributed by atoms with Gasteiger partial charge in [0.05, 0.1) is 51.3 Å². The van der Waals surface area contributed by atoms with Gasteiger partial charge in [-0.3, -0.25) is 0 Å². The Kier molecular flexibility index (Phi) is 18.9. The fourth-order valence-electron chi connectivity index (χ4n) is 7.07. The molecule has 0 aliphatic rings. The van der Waals surface area contributed by atoms with Gasteiger partial charge in [0, 0.05) is 23.8 Å². The molecule has 6 nitrogen and oxygen atoms in total. The number of hydrogen-bond donors (Lipinski definition) is 0. The topological polar surface area (TPSA) is 63.2 Å². The van der Waals surface area contributed by atoms with Crippen LogP contribution in [0.2, 0.25) is 18.1 Å². The zero-order valence-electron chi connectivity index (χ0n) is 32.5. The number of benzene rings is 3. The van der Waals surface area contributed by atoms with Crippen LogP contribution in [0, 0.1) is 23.7 Å². The van der Waals surface area contributed by atoms with Crippen LogP contribution >= 0.6 is 0 Å². The van der Waals surface area contributed by atoms with Crippen molar-refractivity contribution in [1.29, 1.82) is 0 Å². The van der Waals surface area contributed by atoms with Gasteiger partial charge in [0.25, 0.3) is 0 Å². The third-order valence-corrected chi connectivity index (χ3v) is 15.0. The molecule has 0 heterocycles. The van der Waals surface area contributed by atoms with Crippen LogP contribution in [-0.2, 0) is 48.0 Å². The molecule has 0 fully saturated rings. The maximum Gasteiger partial charge on any atom is 0.330 e. The second-order valence-electron chi connectivity index (χ2n) is 14.0. The fraction of sp³-hybridized carbons (Fsp3) is 0.523. The van der Waals surface area contributed by atoms with E-state index in [2.05, 4.69) is 109 Å². The van der Waals surface area contributed by atoms with Crippen LogP contribution < -0.4 is 0 Å². The van der Waals surface area contributed by atoms with Crippen LogP contribution in [0.25, 0.3) is 0 Å². The molecule has 0 aromatic heterocycles. The van der Waals surface area contributed by atoms with E-state index in [-0.39, 0.29) is 48.0 Å². The maximum atomic E-state index is 12.4. The molecule has 7 atom stereocenters. The van der Waals surface area contributed by atoms with Crippen molar-refractivity contribution in [3.63, 3.8) is 0 Å². The average molecular weight is 717 g/mol. The zero-order valence-corrected chi connectivity index (χ0v) is 33.5. The highest BCUT2D eigenvalue weighted by molar-refractivity contribution is 6.73. The number of hydrogen-bond acceptors (Lipinski definition) is 6. The molecule has 0 unspecified atom stereocenters. The van der Waals surface area contributed by atoms with Gasteiger partial charge in [-0.1, -0.05) is 146 Å². The molecule has 0 aliphatic heterocycles. The van der Waals surface area contributed by atoms with Crippen molar-refractivity contribution in [1.82, 2.24) is 0 Å². The van der Waals surface area contributed by atoms with Gasteiger partial charge in [0.15, 0.2) is 8.32 Å². The van der Waals surface area contributed by atoms with Gasteiger partial charge in [-0.2, -0.15) is 0 Å². The predicted octanol–water partition coefficient (Wildman–Crippen LogP) is 10.4. The van der Waals surface area contributed by atoms with Crippen LogP contribution in [0.15, 0.2) is 103 Å². The van der Waals surface area contributed by atoms with Gasteiger partial charge in [-0.05, 0) is 47.7 Å². The lowest BCUT2D eigenvalue weighted by atomic mass is 9.79. The Hall–Kier alpha value is -3.07. The van der Waals surface area contributed by atoms with Crippen LogP contribution in [0.4, 0.5) is 0 Å². The Morgan fingerprint density at radius 1 is 0.627 bits per heavy atom. The normalized spacial score (nSPS) is 16.2. The number of esters is 1. The van der Waals surface area contributed by atoms with E-state index in [0.29, 0.717) is 33.0 Å². The van der Waals surface area contributed by atoms with Crippen LogP contribution in [0.5, 0.6) is 0 Å². The zero-order chi connectivity index (χ0) is 37.1. The Bertz CT molecular complexity index is 1370. The summed E-state index contributed by atoms with van der Waals surface area (Å²) in [4.78, 5) is 12.4. The molecule has 0 spiro atoms. The summed E-state index contributed by atoms with van der Waals surface area (Å²) in [7, 11) is -2.06. The van der Waals surface area contributed by atoms with Gasteiger partial charge < -0.3 is 23.4 Å². The first-order chi connectivity index (χ1) is 24.7.